The van der Waals surface area contributed by atoms with E-state index in [4.69, 9.17) is 21.6 Å². The summed E-state index contributed by atoms with van der Waals surface area (Å²) in [6.07, 6.45) is 2.78. The number of carbonyl (C=O) groups is 1. The summed E-state index contributed by atoms with van der Waals surface area (Å²) < 4.78 is 4.70. The van der Waals surface area contributed by atoms with Crippen molar-refractivity contribution < 1.29 is 9.53 Å². The Morgan fingerprint density at radius 2 is 2.53 bits per heavy atom. The summed E-state index contributed by atoms with van der Waals surface area (Å²) in [4.78, 5) is 15.1. The first-order valence-electron chi connectivity index (χ1n) is 4.83. The molecule has 0 spiro atoms. The van der Waals surface area contributed by atoms with Gasteiger partial charge in [0, 0.05) is 18.1 Å². The van der Waals surface area contributed by atoms with Gasteiger partial charge < -0.3 is 10.1 Å². The summed E-state index contributed by atoms with van der Waals surface area (Å²) in [7, 11) is 0. The summed E-state index contributed by atoms with van der Waals surface area (Å²) in [5, 5.41) is 11.8. The van der Waals surface area contributed by atoms with Gasteiger partial charge in [0.25, 0.3) is 0 Å². The topological polar surface area (TPSA) is 75.0 Å². The molecule has 0 aliphatic rings. The van der Waals surface area contributed by atoms with Crippen LogP contribution >= 0.6 is 11.6 Å². The van der Waals surface area contributed by atoms with E-state index in [1.807, 2.05) is 0 Å². The molecule has 1 aromatic rings. The van der Waals surface area contributed by atoms with Crippen LogP contribution in [0.2, 0.25) is 5.15 Å². The van der Waals surface area contributed by atoms with E-state index in [1.54, 1.807) is 25.1 Å². The Bertz CT molecular complexity index is 480. The fourth-order valence-corrected chi connectivity index (χ4v) is 1.17. The molecule has 5 nitrogen and oxygen atoms in total. The molecular formula is C11H10ClN3O2. The molecule has 0 aliphatic heterocycles. The minimum absolute atomic E-state index is 0.111. The smallest absolute Gasteiger partial charge is 0.350 e. The lowest BCUT2D eigenvalue weighted by Crippen LogP contribution is -2.07. The van der Waals surface area contributed by atoms with Gasteiger partial charge >= 0.3 is 5.97 Å². The highest BCUT2D eigenvalue weighted by atomic mass is 35.5. The number of carbonyl (C=O) groups excluding carboxylic acids is 1. The van der Waals surface area contributed by atoms with E-state index in [-0.39, 0.29) is 12.2 Å². The Balaban J connectivity index is 2.75. The predicted molar refractivity (Wildman–Crippen MR) is 63.2 cm³/mol. The molecule has 0 fully saturated rings. The number of anilines is 1. The summed E-state index contributed by atoms with van der Waals surface area (Å²) in [6, 6.07) is 4.97. The van der Waals surface area contributed by atoms with Crippen molar-refractivity contribution in [3.8, 4) is 6.07 Å². The third kappa shape index (κ3) is 4.13. The molecule has 0 aromatic carbocycles. The molecule has 88 valence electrons. The molecule has 0 radical (unpaired) electrons. The van der Waals surface area contributed by atoms with Crippen molar-refractivity contribution in [2.75, 3.05) is 11.9 Å². The first kappa shape index (κ1) is 13.0. The molecule has 1 rings (SSSR count). The van der Waals surface area contributed by atoms with Gasteiger partial charge in [0.15, 0.2) is 5.57 Å². The molecule has 0 atom stereocenters. The summed E-state index contributed by atoms with van der Waals surface area (Å²) in [5.41, 5.74) is 0.516. The van der Waals surface area contributed by atoms with E-state index in [0.717, 1.165) is 0 Å². The van der Waals surface area contributed by atoms with E-state index in [1.165, 1.54) is 12.4 Å². The molecule has 0 amide bonds. The van der Waals surface area contributed by atoms with Gasteiger partial charge in [-0.3, -0.25) is 0 Å². The van der Waals surface area contributed by atoms with Crippen molar-refractivity contribution in [3.05, 3.63) is 35.3 Å². The SMILES string of the molecule is CCOC(=O)/C(C#N)=C/Nc1ccnc(Cl)c1. The van der Waals surface area contributed by atoms with Crippen molar-refractivity contribution in [1.82, 2.24) is 4.98 Å². The number of rotatable bonds is 4. The first-order chi connectivity index (χ1) is 8.17. The van der Waals surface area contributed by atoms with Crippen LogP contribution in [-0.4, -0.2) is 17.6 Å². The molecule has 1 heterocycles. The average Bonchev–Trinajstić information content (AvgIpc) is 2.30. The normalized spacial score (nSPS) is 10.5. The zero-order chi connectivity index (χ0) is 12.7. The van der Waals surface area contributed by atoms with Crippen molar-refractivity contribution in [3.63, 3.8) is 0 Å². The summed E-state index contributed by atoms with van der Waals surface area (Å²) in [6.45, 7) is 1.89. The van der Waals surface area contributed by atoms with Gasteiger partial charge in [0.1, 0.15) is 11.2 Å². The number of pyridine rings is 1. The van der Waals surface area contributed by atoms with Crippen molar-refractivity contribution in [1.29, 1.82) is 5.26 Å². The van der Waals surface area contributed by atoms with Gasteiger partial charge in [0.2, 0.25) is 0 Å². The van der Waals surface area contributed by atoms with Crippen LogP contribution in [0.3, 0.4) is 0 Å². The minimum atomic E-state index is -0.664. The third-order valence-corrected chi connectivity index (χ3v) is 1.93. The van der Waals surface area contributed by atoms with Gasteiger partial charge in [0.05, 0.1) is 6.61 Å². The van der Waals surface area contributed by atoms with Crippen LogP contribution < -0.4 is 5.32 Å². The number of hydrogen-bond acceptors (Lipinski definition) is 5. The standard InChI is InChI=1S/C11H10ClN3O2/c1-2-17-11(16)8(6-13)7-15-9-3-4-14-10(12)5-9/h3-5,7H,2H2,1H3,(H,14,15)/b8-7+. The van der Waals surface area contributed by atoms with Gasteiger partial charge in [-0.05, 0) is 19.1 Å². The van der Waals surface area contributed by atoms with Gasteiger partial charge in [-0.1, -0.05) is 11.6 Å². The van der Waals surface area contributed by atoms with Crippen LogP contribution in [0.25, 0.3) is 0 Å². The quantitative estimate of drug-likeness (QED) is 0.384. The van der Waals surface area contributed by atoms with Gasteiger partial charge in [-0.15, -0.1) is 0 Å². The number of aromatic nitrogens is 1. The van der Waals surface area contributed by atoms with E-state index < -0.39 is 5.97 Å². The van der Waals surface area contributed by atoms with E-state index in [2.05, 4.69) is 10.3 Å². The fourth-order valence-electron chi connectivity index (χ4n) is 0.993. The Hall–Kier alpha value is -2.06. The zero-order valence-electron chi connectivity index (χ0n) is 9.11. The van der Waals surface area contributed by atoms with E-state index in [9.17, 15) is 4.79 Å². The Morgan fingerprint density at radius 3 is 3.12 bits per heavy atom. The zero-order valence-corrected chi connectivity index (χ0v) is 9.86. The Labute approximate surface area is 104 Å². The van der Waals surface area contributed by atoms with Gasteiger partial charge in [-0.2, -0.15) is 5.26 Å². The largest absolute Gasteiger partial charge is 0.462 e. The van der Waals surface area contributed by atoms with Gasteiger partial charge in [-0.25, -0.2) is 9.78 Å². The number of esters is 1. The number of ether oxygens (including phenoxy) is 1. The van der Waals surface area contributed by atoms with Crippen LogP contribution in [0.5, 0.6) is 0 Å². The second kappa shape index (κ2) is 6.51. The molecule has 1 N–H and O–H groups in total. The number of nitrogens with zero attached hydrogens (tertiary/aromatic N) is 2. The maximum absolute atomic E-state index is 11.3. The minimum Gasteiger partial charge on any atom is -0.462 e. The molecule has 1 aromatic heterocycles. The molecule has 0 saturated heterocycles. The first-order valence-corrected chi connectivity index (χ1v) is 5.20. The molecular weight excluding hydrogens is 242 g/mol. The van der Waals surface area contributed by atoms with Crippen LogP contribution in [0.4, 0.5) is 5.69 Å². The second-order valence-corrected chi connectivity index (χ2v) is 3.29. The Kier molecular flexibility index (Phi) is 4.98. The highest BCUT2D eigenvalue weighted by Crippen LogP contribution is 2.12. The van der Waals surface area contributed by atoms with Crippen molar-refractivity contribution in [2.45, 2.75) is 6.92 Å². The molecule has 0 saturated carbocycles. The van der Waals surface area contributed by atoms with Crippen molar-refractivity contribution in [2.24, 2.45) is 0 Å². The molecule has 0 unspecified atom stereocenters. The number of nitriles is 1. The number of hydrogen-bond donors (Lipinski definition) is 1. The highest BCUT2D eigenvalue weighted by molar-refractivity contribution is 6.29. The lowest BCUT2D eigenvalue weighted by molar-refractivity contribution is -0.138. The summed E-state index contributed by atoms with van der Waals surface area (Å²) in [5.74, 6) is -0.664. The third-order valence-electron chi connectivity index (χ3n) is 1.73. The monoisotopic (exact) mass is 251 g/mol. The van der Waals surface area contributed by atoms with Crippen LogP contribution in [-0.2, 0) is 9.53 Å². The number of halogens is 1. The molecule has 17 heavy (non-hydrogen) atoms. The fraction of sp³-hybridized carbons (Fsp3) is 0.182. The molecule has 6 heteroatoms. The maximum atomic E-state index is 11.3. The van der Waals surface area contributed by atoms with E-state index in [0.29, 0.717) is 10.8 Å². The van der Waals surface area contributed by atoms with Crippen molar-refractivity contribution >= 4 is 23.3 Å². The van der Waals surface area contributed by atoms with Crippen LogP contribution in [0.15, 0.2) is 30.1 Å². The molecule has 0 aliphatic carbocycles. The highest BCUT2D eigenvalue weighted by Gasteiger charge is 2.08. The maximum Gasteiger partial charge on any atom is 0.350 e. The molecule has 0 bridgehead atoms. The average molecular weight is 252 g/mol. The summed E-state index contributed by atoms with van der Waals surface area (Å²) >= 11 is 5.68. The lowest BCUT2D eigenvalue weighted by atomic mass is 10.3. The van der Waals surface area contributed by atoms with Crippen LogP contribution in [0.1, 0.15) is 6.92 Å². The second-order valence-electron chi connectivity index (χ2n) is 2.90. The van der Waals surface area contributed by atoms with Crippen LogP contribution in [0, 0.1) is 11.3 Å². The predicted octanol–water partition coefficient (Wildman–Crippen LogP) is 2.12. The number of nitrogens with one attached hydrogen (secondary N) is 1. The van der Waals surface area contributed by atoms with E-state index >= 15 is 0 Å². The lowest BCUT2D eigenvalue weighted by Gasteiger charge is -2.02. The Morgan fingerprint density at radius 1 is 1.76 bits per heavy atom.